The van der Waals surface area contributed by atoms with E-state index in [0.29, 0.717) is 5.82 Å². The van der Waals surface area contributed by atoms with Gasteiger partial charge in [-0.15, -0.1) is 0 Å². The summed E-state index contributed by atoms with van der Waals surface area (Å²) in [6.45, 7) is 6.82. The highest BCUT2D eigenvalue weighted by Gasteiger charge is 2.21. The van der Waals surface area contributed by atoms with Crippen molar-refractivity contribution >= 4 is 17.8 Å². The number of amides is 2. The molecular formula is C16H21N5O3. The molecule has 0 fully saturated rings. The number of alkyl carbamates (subject to hydrolysis) is 1. The molecule has 24 heavy (non-hydrogen) atoms. The number of pyridine rings is 1. The smallest absolute Gasteiger partial charge is 0.408 e. The van der Waals surface area contributed by atoms with E-state index in [9.17, 15) is 9.59 Å². The second-order valence-electron chi connectivity index (χ2n) is 6.26. The molecule has 8 heteroatoms. The van der Waals surface area contributed by atoms with Crippen LogP contribution in [0.5, 0.6) is 0 Å². The van der Waals surface area contributed by atoms with Crippen molar-refractivity contribution in [1.29, 1.82) is 0 Å². The largest absolute Gasteiger partial charge is 0.444 e. The predicted molar refractivity (Wildman–Crippen MR) is 89.3 cm³/mol. The fourth-order valence-electron chi connectivity index (χ4n) is 1.85. The maximum atomic E-state index is 12.1. The molecule has 0 aliphatic rings. The van der Waals surface area contributed by atoms with E-state index >= 15 is 0 Å². The van der Waals surface area contributed by atoms with Gasteiger partial charge in [0.2, 0.25) is 5.91 Å². The van der Waals surface area contributed by atoms with E-state index in [4.69, 9.17) is 4.74 Å². The summed E-state index contributed by atoms with van der Waals surface area (Å²) in [5.74, 6) is -0.0294. The first-order chi connectivity index (χ1) is 11.2. The Hall–Kier alpha value is -2.90. The van der Waals surface area contributed by atoms with Crippen LogP contribution in [0.4, 0.5) is 10.6 Å². The number of carbonyl (C=O) groups is 2. The molecule has 128 valence electrons. The number of hydrogen-bond donors (Lipinski definition) is 3. The first kappa shape index (κ1) is 17.5. The van der Waals surface area contributed by atoms with Crippen molar-refractivity contribution in [3.63, 3.8) is 0 Å². The first-order valence-electron chi connectivity index (χ1n) is 7.51. The minimum absolute atomic E-state index is 0.365. The van der Waals surface area contributed by atoms with E-state index in [1.807, 2.05) is 12.1 Å². The zero-order valence-corrected chi connectivity index (χ0v) is 14.1. The van der Waals surface area contributed by atoms with Crippen molar-refractivity contribution in [3.05, 3.63) is 30.6 Å². The number of ether oxygens (including phenoxy) is 1. The summed E-state index contributed by atoms with van der Waals surface area (Å²) in [5.41, 5.74) is 1.03. The molecule has 0 unspecified atom stereocenters. The molecule has 0 spiro atoms. The lowest BCUT2D eigenvalue weighted by Gasteiger charge is -2.21. The van der Waals surface area contributed by atoms with Gasteiger partial charge < -0.3 is 15.4 Å². The zero-order valence-electron chi connectivity index (χ0n) is 14.1. The molecule has 0 saturated heterocycles. The Morgan fingerprint density at radius 3 is 2.54 bits per heavy atom. The van der Waals surface area contributed by atoms with Crippen LogP contribution in [0.25, 0.3) is 11.3 Å². The molecule has 8 nitrogen and oxygen atoms in total. The summed E-state index contributed by atoms with van der Waals surface area (Å²) >= 11 is 0. The van der Waals surface area contributed by atoms with Gasteiger partial charge in [0.1, 0.15) is 11.6 Å². The van der Waals surface area contributed by atoms with Gasteiger partial charge in [-0.2, -0.15) is 5.10 Å². The lowest BCUT2D eigenvalue weighted by atomic mass is 10.2. The molecule has 2 amide bonds. The van der Waals surface area contributed by atoms with E-state index < -0.39 is 23.6 Å². The van der Waals surface area contributed by atoms with Gasteiger partial charge >= 0.3 is 6.09 Å². The maximum Gasteiger partial charge on any atom is 0.408 e. The number of aromatic nitrogens is 3. The molecule has 2 aromatic heterocycles. The zero-order chi connectivity index (χ0) is 17.7. The lowest BCUT2D eigenvalue weighted by molar-refractivity contribution is -0.117. The Morgan fingerprint density at radius 2 is 1.92 bits per heavy atom. The van der Waals surface area contributed by atoms with Crippen LogP contribution in [0, 0.1) is 0 Å². The maximum absolute atomic E-state index is 12.1. The topological polar surface area (TPSA) is 109 Å². The molecule has 0 aromatic carbocycles. The van der Waals surface area contributed by atoms with Crippen molar-refractivity contribution in [1.82, 2.24) is 20.5 Å². The van der Waals surface area contributed by atoms with Crippen LogP contribution < -0.4 is 10.6 Å². The monoisotopic (exact) mass is 331 g/mol. The van der Waals surface area contributed by atoms with E-state index in [1.165, 1.54) is 0 Å². The quantitative estimate of drug-likeness (QED) is 0.796. The minimum atomic E-state index is -0.763. The van der Waals surface area contributed by atoms with Crippen LogP contribution in [0.15, 0.2) is 30.6 Å². The van der Waals surface area contributed by atoms with Crippen LogP contribution >= 0.6 is 0 Å². The van der Waals surface area contributed by atoms with Gasteiger partial charge in [0.05, 0.1) is 5.69 Å². The third kappa shape index (κ3) is 5.08. The highest BCUT2D eigenvalue weighted by atomic mass is 16.6. The number of aromatic amines is 1. The first-order valence-corrected chi connectivity index (χ1v) is 7.51. The van der Waals surface area contributed by atoms with Crippen LogP contribution in [-0.2, 0) is 9.53 Å². The average molecular weight is 331 g/mol. The lowest BCUT2D eigenvalue weighted by Crippen LogP contribution is -2.44. The number of nitrogens with one attached hydrogen (secondary N) is 3. The highest BCUT2D eigenvalue weighted by molar-refractivity contribution is 5.95. The standard InChI is InChI=1S/C16H21N5O3/c1-10(18-15(23)24-16(2,3)4)14(22)19-13-9-12(20-21-13)11-5-7-17-8-6-11/h5-10H,1-4H3,(H,18,23)(H2,19,20,21,22)/t10-/m1/s1. The second-order valence-corrected chi connectivity index (χ2v) is 6.26. The SMILES string of the molecule is C[C@@H](NC(=O)OC(C)(C)C)C(=O)Nc1cc(-c2ccncc2)[nH]n1. The van der Waals surface area contributed by atoms with E-state index in [-0.39, 0.29) is 0 Å². The number of hydrogen-bond acceptors (Lipinski definition) is 5. The second kappa shape index (κ2) is 7.12. The summed E-state index contributed by atoms with van der Waals surface area (Å²) in [6.07, 6.45) is 2.69. The Morgan fingerprint density at radius 1 is 1.25 bits per heavy atom. The molecule has 0 saturated carbocycles. The number of carbonyl (C=O) groups excluding carboxylic acids is 2. The predicted octanol–water partition coefficient (Wildman–Crippen LogP) is 2.32. The molecule has 0 bridgehead atoms. The Bertz CT molecular complexity index is 706. The van der Waals surface area contributed by atoms with Gasteiger partial charge in [-0.05, 0) is 39.8 Å². The number of anilines is 1. The van der Waals surface area contributed by atoms with Crippen molar-refractivity contribution in [2.75, 3.05) is 5.32 Å². The van der Waals surface area contributed by atoms with Gasteiger partial charge in [-0.25, -0.2) is 4.79 Å². The third-order valence-electron chi connectivity index (χ3n) is 2.95. The van der Waals surface area contributed by atoms with Crippen LogP contribution in [-0.4, -0.2) is 38.8 Å². The number of rotatable bonds is 4. The molecule has 2 heterocycles. The van der Waals surface area contributed by atoms with Gasteiger partial charge in [-0.1, -0.05) is 0 Å². The molecule has 0 radical (unpaired) electrons. The van der Waals surface area contributed by atoms with Crippen molar-refractivity contribution in [2.24, 2.45) is 0 Å². The summed E-state index contributed by atoms with van der Waals surface area (Å²) in [6, 6.07) is 4.59. The molecule has 2 aromatic rings. The van der Waals surface area contributed by atoms with Crippen LogP contribution in [0.2, 0.25) is 0 Å². The highest BCUT2D eigenvalue weighted by Crippen LogP contribution is 2.18. The minimum Gasteiger partial charge on any atom is -0.444 e. The average Bonchev–Trinajstić information content (AvgIpc) is 2.94. The molecular weight excluding hydrogens is 310 g/mol. The van der Waals surface area contributed by atoms with Gasteiger partial charge in [0.25, 0.3) is 0 Å². The number of nitrogens with zero attached hydrogens (tertiary/aromatic N) is 2. The summed E-state index contributed by atoms with van der Waals surface area (Å²) in [7, 11) is 0. The normalized spacial score (nSPS) is 12.3. The Kier molecular flexibility index (Phi) is 5.18. The molecule has 2 rings (SSSR count). The van der Waals surface area contributed by atoms with Crippen molar-refractivity contribution < 1.29 is 14.3 Å². The Balaban J connectivity index is 1.92. The van der Waals surface area contributed by atoms with E-state index in [2.05, 4.69) is 25.8 Å². The van der Waals surface area contributed by atoms with Gasteiger partial charge in [0.15, 0.2) is 5.82 Å². The van der Waals surface area contributed by atoms with Crippen LogP contribution in [0.3, 0.4) is 0 Å². The molecule has 0 aliphatic heterocycles. The fraction of sp³-hybridized carbons (Fsp3) is 0.375. The van der Waals surface area contributed by atoms with Crippen LogP contribution in [0.1, 0.15) is 27.7 Å². The molecule has 3 N–H and O–H groups in total. The van der Waals surface area contributed by atoms with Gasteiger partial charge in [-0.3, -0.25) is 14.9 Å². The van der Waals surface area contributed by atoms with Gasteiger partial charge in [0, 0.05) is 24.0 Å². The Labute approximate surface area is 140 Å². The summed E-state index contributed by atoms with van der Waals surface area (Å²) in [4.78, 5) is 27.7. The fourth-order valence-corrected chi connectivity index (χ4v) is 1.85. The third-order valence-corrected chi connectivity index (χ3v) is 2.95. The number of H-pyrrole nitrogens is 1. The molecule has 0 aliphatic carbocycles. The summed E-state index contributed by atoms with van der Waals surface area (Å²) in [5, 5.41) is 12.0. The summed E-state index contributed by atoms with van der Waals surface area (Å²) < 4.78 is 5.11. The molecule has 1 atom stereocenters. The van der Waals surface area contributed by atoms with Crippen molar-refractivity contribution in [2.45, 2.75) is 39.3 Å². The van der Waals surface area contributed by atoms with Crippen molar-refractivity contribution in [3.8, 4) is 11.3 Å². The van der Waals surface area contributed by atoms with E-state index in [0.717, 1.165) is 11.3 Å². The van der Waals surface area contributed by atoms with E-state index in [1.54, 1.807) is 46.2 Å².